The van der Waals surface area contributed by atoms with Gasteiger partial charge in [0, 0.05) is 24.6 Å². The number of nitrogens with one attached hydrogen (secondary N) is 1. The molecule has 1 aromatic heterocycles. The van der Waals surface area contributed by atoms with E-state index in [1.165, 1.54) is 19.1 Å². The lowest BCUT2D eigenvalue weighted by molar-refractivity contribution is 0.199. The second-order valence-corrected chi connectivity index (χ2v) is 8.43. The molecule has 1 aromatic carbocycles. The predicted octanol–water partition coefficient (Wildman–Crippen LogP) is 3.43. The van der Waals surface area contributed by atoms with Gasteiger partial charge in [0.2, 0.25) is 0 Å². The van der Waals surface area contributed by atoms with Crippen molar-refractivity contribution >= 4 is 15.7 Å². The van der Waals surface area contributed by atoms with Gasteiger partial charge in [0.15, 0.2) is 21.3 Å². The van der Waals surface area contributed by atoms with Gasteiger partial charge in [-0.3, -0.25) is 0 Å². The molecule has 0 atom stereocenters. The molecule has 3 rings (SSSR count). The summed E-state index contributed by atoms with van der Waals surface area (Å²) in [7, 11) is -1.74. The highest BCUT2D eigenvalue weighted by Gasteiger charge is 2.21. The molecular formula is C19H24N2O4S. The van der Waals surface area contributed by atoms with Crippen LogP contribution in [0.25, 0.3) is 0 Å². The molecule has 140 valence electrons. The summed E-state index contributed by atoms with van der Waals surface area (Å²) in [6.45, 7) is 0.388. The fourth-order valence-electron chi connectivity index (χ4n) is 3.17. The van der Waals surface area contributed by atoms with Gasteiger partial charge >= 0.3 is 0 Å². The highest BCUT2D eigenvalue weighted by atomic mass is 32.2. The number of rotatable bonds is 7. The summed E-state index contributed by atoms with van der Waals surface area (Å²) in [5, 5.41) is 3.13. The van der Waals surface area contributed by atoms with Crippen LogP contribution in [-0.4, -0.2) is 32.9 Å². The van der Waals surface area contributed by atoms with Crippen LogP contribution in [0.1, 0.15) is 31.2 Å². The minimum absolute atomic E-state index is 0.182. The number of sulfone groups is 1. The van der Waals surface area contributed by atoms with Crippen LogP contribution < -0.4 is 14.8 Å². The third-order valence-electron chi connectivity index (χ3n) is 4.48. The highest BCUT2D eigenvalue weighted by molar-refractivity contribution is 7.90. The van der Waals surface area contributed by atoms with Gasteiger partial charge in [-0.25, -0.2) is 13.4 Å². The summed E-state index contributed by atoms with van der Waals surface area (Å²) in [5.74, 6) is 1.73. The topological polar surface area (TPSA) is 77.5 Å². The third kappa shape index (κ3) is 4.27. The van der Waals surface area contributed by atoms with Crippen molar-refractivity contribution in [3.63, 3.8) is 0 Å². The molecule has 1 heterocycles. The van der Waals surface area contributed by atoms with Crippen molar-refractivity contribution in [1.82, 2.24) is 4.98 Å². The molecule has 1 saturated carbocycles. The number of methoxy groups -OCH3 is 1. The van der Waals surface area contributed by atoms with E-state index in [-0.39, 0.29) is 11.0 Å². The van der Waals surface area contributed by atoms with Gasteiger partial charge in [-0.2, -0.15) is 0 Å². The largest absolute Gasteiger partial charge is 0.493 e. The van der Waals surface area contributed by atoms with Crippen LogP contribution in [0, 0.1) is 0 Å². The summed E-state index contributed by atoms with van der Waals surface area (Å²) in [5.41, 5.74) is 0.904. The van der Waals surface area contributed by atoms with E-state index in [0.29, 0.717) is 23.9 Å². The van der Waals surface area contributed by atoms with Gasteiger partial charge in [-0.05, 0) is 43.9 Å². The Morgan fingerprint density at radius 2 is 1.96 bits per heavy atom. The predicted molar refractivity (Wildman–Crippen MR) is 101 cm³/mol. The third-order valence-corrected chi connectivity index (χ3v) is 5.61. The van der Waals surface area contributed by atoms with Crippen molar-refractivity contribution in [2.45, 2.75) is 43.2 Å². The van der Waals surface area contributed by atoms with E-state index in [1.807, 2.05) is 18.2 Å². The Bertz CT molecular complexity index is 862. The van der Waals surface area contributed by atoms with Crippen molar-refractivity contribution in [3.8, 4) is 11.5 Å². The molecule has 1 N–H and O–H groups in total. The molecule has 6 nitrogen and oxygen atoms in total. The number of benzene rings is 1. The second kappa shape index (κ2) is 7.95. The Balaban J connectivity index is 1.84. The van der Waals surface area contributed by atoms with Gasteiger partial charge in [-0.1, -0.05) is 12.1 Å². The maximum atomic E-state index is 11.9. The lowest BCUT2D eigenvalue weighted by Gasteiger charge is -2.20. The molecule has 0 aliphatic heterocycles. The fourth-order valence-corrected chi connectivity index (χ4v) is 3.97. The van der Waals surface area contributed by atoms with E-state index in [2.05, 4.69) is 10.3 Å². The molecule has 2 aromatic rings. The van der Waals surface area contributed by atoms with E-state index < -0.39 is 9.84 Å². The number of aromatic nitrogens is 1. The average molecular weight is 376 g/mol. The number of nitrogens with zero attached hydrogens (tertiary/aromatic N) is 1. The lowest BCUT2D eigenvalue weighted by Crippen LogP contribution is -2.14. The summed E-state index contributed by atoms with van der Waals surface area (Å²) in [6.07, 6.45) is 7.39. The van der Waals surface area contributed by atoms with Crippen LogP contribution in [0.3, 0.4) is 0 Å². The molecule has 0 saturated heterocycles. The molecule has 0 radical (unpaired) electrons. The zero-order valence-corrected chi connectivity index (χ0v) is 15.9. The smallest absolute Gasteiger partial charge is 0.179 e. The van der Waals surface area contributed by atoms with E-state index in [1.54, 1.807) is 25.4 Å². The van der Waals surface area contributed by atoms with Crippen molar-refractivity contribution in [1.29, 1.82) is 0 Å². The van der Waals surface area contributed by atoms with Gasteiger partial charge in [0.25, 0.3) is 0 Å². The minimum Gasteiger partial charge on any atom is -0.493 e. The van der Waals surface area contributed by atoms with Gasteiger partial charge in [0.05, 0.1) is 13.2 Å². The van der Waals surface area contributed by atoms with Crippen molar-refractivity contribution < 1.29 is 17.9 Å². The monoisotopic (exact) mass is 376 g/mol. The van der Waals surface area contributed by atoms with Crippen LogP contribution >= 0.6 is 0 Å². The first kappa shape index (κ1) is 18.5. The molecule has 0 unspecified atom stereocenters. The van der Waals surface area contributed by atoms with Crippen molar-refractivity contribution in [2.75, 3.05) is 18.7 Å². The lowest BCUT2D eigenvalue weighted by atomic mass is 10.1. The molecule has 0 spiro atoms. The summed E-state index contributed by atoms with van der Waals surface area (Å²) >= 11 is 0. The summed E-state index contributed by atoms with van der Waals surface area (Å²) < 4.78 is 35.5. The first-order valence-corrected chi connectivity index (χ1v) is 10.6. The van der Waals surface area contributed by atoms with E-state index in [4.69, 9.17) is 9.47 Å². The van der Waals surface area contributed by atoms with Crippen molar-refractivity contribution in [3.05, 3.63) is 42.1 Å². The average Bonchev–Trinajstić information content (AvgIpc) is 3.13. The molecular weight excluding hydrogens is 352 g/mol. The Morgan fingerprint density at radius 1 is 1.19 bits per heavy atom. The molecule has 1 aliphatic rings. The first-order valence-electron chi connectivity index (χ1n) is 8.70. The Labute approximate surface area is 154 Å². The number of hydrogen-bond donors (Lipinski definition) is 1. The highest BCUT2D eigenvalue weighted by Crippen LogP contribution is 2.35. The summed E-state index contributed by atoms with van der Waals surface area (Å²) in [6, 6.07) is 8.88. The van der Waals surface area contributed by atoms with Gasteiger partial charge in [0.1, 0.15) is 10.7 Å². The van der Waals surface area contributed by atoms with E-state index in [0.717, 1.165) is 18.4 Å². The van der Waals surface area contributed by atoms with Gasteiger partial charge in [-0.15, -0.1) is 0 Å². The maximum absolute atomic E-state index is 11.9. The molecule has 1 aliphatic carbocycles. The maximum Gasteiger partial charge on any atom is 0.179 e. The molecule has 0 bridgehead atoms. The Morgan fingerprint density at radius 3 is 2.65 bits per heavy atom. The number of para-hydroxylation sites is 1. The van der Waals surface area contributed by atoms with Crippen LogP contribution in [0.15, 0.2) is 41.4 Å². The van der Waals surface area contributed by atoms with Crippen molar-refractivity contribution in [2.24, 2.45) is 0 Å². The molecule has 0 amide bonds. The van der Waals surface area contributed by atoms with Crippen LogP contribution in [0.5, 0.6) is 11.5 Å². The Kier molecular flexibility index (Phi) is 5.66. The minimum atomic E-state index is -3.36. The van der Waals surface area contributed by atoms with Crippen LogP contribution in [0.4, 0.5) is 5.82 Å². The zero-order valence-electron chi connectivity index (χ0n) is 15.1. The quantitative estimate of drug-likeness (QED) is 0.798. The number of hydrogen-bond acceptors (Lipinski definition) is 6. The normalized spacial score (nSPS) is 15.0. The van der Waals surface area contributed by atoms with E-state index in [9.17, 15) is 8.42 Å². The number of anilines is 1. The SMILES string of the molecule is COc1cccc(CNc2ncccc2S(C)(=O)=O)c1OC1CCCC1. The number of ether oxygens (including phenoxy) is 2. The molecule has 26 heavy (non-hydrogen) atoms. The Hall–Kier alpha value is -2.28. The van der Waals surface area contributed by atoms with Gasteiger partial charge < -0.3 is 14.8 Å². The second-order valence-electron chi connectivity index (χ2n) is 6.45. The first-order chi connectivity index (χ1) is 12.5. The number of pyridine rings is 1. The van der Waals surface area contributed by atoms with Crippen LogP contribution in [0.2, 0.25) is 0 Å². The van der Waals surface area contributed by atoms with E-state index >= 15 is 0 Å². The molecule has 7 heteroatoms. The van der Waals surface area contributed by atoms with Crippen LogP contribution in [-0.2, 0) is 16.4 Å². The summed E-state index contributed by atoms with van der Waals surface area (Å²) in [4.78, 5) is 4.36. The fraction of sp³-hybridized carbons (Fsp3) is 0.421. The molecule has 1 fully saturated rings. The zero-order chi connectivity index (χ0) is 18.6. The standard InChI is InChI=1S/C19H24N2O4S/c1-24-16-10-5-7-14(18(16)25-15-8-3-4-9-15)13-21-19-17(26(2,22)23)11-6-12-20-19/h5-7,10-12,15H,3-4,8-9,13H2,1-2H3,(H,20,21).